The first-order valence-corrected chi connectivity index (χ1v) is 10.3. The monoisotopic (exact) mass is 430 g/mol. The number of nitrogens with zero attached hydrogens (tertiary/aromatic N) is 2. The maximum atomic E-state index is 13.1. The number of aliphatic carboxylic acids is 1. The summed E-state index contributed by atoms with van der Waals surface area (Å²) in [6, 6.07) is 8.15. The summed E-state index contributed by atoms with van der Waals surface area (Å²) in [7, 11) is 0. The van der Waals surface area contributed by atoms with Crippen LogP contribution in [-0.4, -0.2) is 32.8 Å². The van der Waals surface area contributed by atoms with Crippen molar-refractivity contribution in [2.24, 2.45) is 0 Å². The first-order chi connectivity index (χ1) is 14.3. The molecule has 0 radical (unpaired) electrons. The van der Waals surface area contributed by atoms with Crippen molar-refractivity contribution in [3.8, 4) is 0 Å². The smallest absolute Gasteiger partial charge is 0.348 e. The lowest BCUT2D eigenvalue weighted by molar-refractivity contribution is -0.140. The van der Waals surface area contributed by atoms with Crippen LogP contribution in [0.3, 0.4) is 0 Å². The van der Waals surface area contributed by atoms with Gasteiger partial charge in [-0.3, -0.25) is 9.36 Å². The van der Waals surface area contributed by atoms with Crippen LogP contribution in [0.5, 0.6) is 0 Å². The van der Waals surface area contributed by atoms with Crippen molar-refractivity contribution in [2.45, 2.75) is 39.8 Å². The fraction of sp³-hybridized carbons (Fsp3) is 0.333. The number of esters is 1. The molecule has 0 aliphatic heterocycles. The number of benzene rings is 1. The average molecular weight is 430 g/mol. The van der Waals surface area contributed by atoms with Crippen LogP contribution in [0.25, 0.3) is 10.2 Å². The van der Waals surface area contributed by atoms with Crippen molar-refractivity contribution in [1.82, 2.24) is 9.13 Å². The Morgan fingerprint density at radius 3 is 2.47 bits per heavy atom. The zero-order chi connectivity index (χ0) is 22.0. The minimum absolute atomic E-state index is 0.170. The van der Waals surface area contributed by atoms with Gasteiger partial charge in [0.05, 0.1) is 12.0 Å². The number of aromatic nitrogens is 2. The van der Waals surface area contributed by atoms with Crippen LogP contribution in [0.1, 0.15) is 40.7 Å². The van der Waals surface area contributed by atoms with Gasteiger partial charge >= 0.3 is 17.6 Å². The van der Waals surface area contributed by atoms with Gasteiger partial charge in [-0.15, -0.1) is 11.3 Å². The minimum atomic E-state index is -1.34. The highest BCUT2D eigenvalue weighted by atomic mass is 32.1. The third-order valence-electron chi connectivity index (χ3n) is 4.92. The number of thiophene rings is 1. The van der Waals surface area contributed by atoms with E-state index in [0.717, 1.165) is 21.5 Å². The highest BCUT2D eigenvalue weighted by molar-refractivity contribution is 7.20. The third-order valence-corrected chi connectivity index (χ3v) is 6.21. The first-order valence-electron chi connectivity index (χ1n) is 9.50. The molecule has 9 heteroatoms. The molecule has 0 aliphatic carbocycles. The van der Waals surface area contributed by atoms with Gasteiger partial charge in [0.25, 0.3) is 5.56 Å². The molecule has 0 unspecified atom stereocenters. The number of ether oxygens (including phenoxy) is 1. The lowest BCUT2D eigenvalue weighted by Crippen LogP contribution is -2.43. The Bertz CT molecular complexity index is 1220. The van der Waals surface area contributed by atoms with Gasteiger partial charge in [-0.2, -0.15) is 0 Å². The summed E-state index contributed by atoms with van der Waals surface area (Å²) >= 11 is 1.02. The lowest BCUT2D eigenvalue weighted by atomic mass is 10.1. The van der Waals surface area contributed by atoms with E-state index in [2.05, 4.69) is 0 Å². The summed E-state index contributed by atoms with van der Waals surface area (Å²) in [4.78, 5) is 50.7. The van der Waals surface area contributed by atoms with E-state index in [1.165, 1.54) is 11.5 Å². The maximum Gasteiger partial charge on any atom is 0.348 e. The van der Waals surface area contributed by atoms with Gasteiger partial charge < -0.3 is 9.84 Å². The predicted octanol–water partition coefficient (Wildman–Crippen LogP) is 2.60. The van der Waals surface area contributed by atoms with Crippen molar-refractivity contribution in [2.75, 3.05) is 6.61 Å². The Morgan fingerprint density at radius 1 is 1.20 bits per heavy atom. The molecular weight excluding hydrogens is 408 g/mol. The van der Waals surface area contributed by atoms with Gasteiger partial charge in [0.1, 0.15) is 15.7 Å². The summed E-state index contributed by atoms with van der Waals surface area (Å²) in [5.41, 5.74) is -0.0566. The molecule has 0 saturated heterocycles. The van der Waals surface area contributed by atoms with Crippen molar-refractivity contribution in [1.29, 1.82) is 0 Å². The van der Waals surface area contributed by atoms with E-state index in [1.54, 1.807) is 13.8 Å². The largest absolute Gasteiger partial charge is 0.480 e. The number of aryl methyl sites for hydroxylation is 3. The molecule has 0 amide bonds. The quantitative estimate of drug-likeness (QED) is 0.578. The summed E-state index contributed by atoms with van der Waals surface area (Å²) in [5.74, 6) is -1.86. The van der Waals surface area contributed by atoms with Crippen LogP contribution in [-0.2, 0) is 22.5 Å². The second-order valence-corrected chi connectivity index (χ2v) is 7.82. The molecule has 8 nitrogen and oxygen atoms in total. The Hall–Kier alpha value is -3.20. The summed E-state index contributed by atoms with van der Waals surface area (Å²) in [6.07, 6.45) is 0.501. The normalized spacial score (nSPS) is 12.1. The van der Waals surface area contributed by atoms with E-state index < -0.39 is 29.2 Å². The third kappa shape index (κ3) is 3.80. The van der Waals surface area contributed by atoms with Gasteiger partial charge in [0.2, 0.25) is 0 Å². The number of hydrogen-bond acceptors (Lipinski definition) is 6. The fourth-order valence-corrected chi connectivity index (χ4v) is 4.50. The standard InChI is InChI=1S/C21H22N2O6S/c1-4-29-20(27)16-12(2)15-17(24)23(13(3)19(25)26)21(28)22(18(15)30-16)11-10-14-8-6-5-7-9-14/h5-9,13H,4,10-11H2,1-3H3,(H,25,26)/t13-/m0/s1. The van der Waals surface area contributed by atoms with E-state index in [4.69, 9.17) is 4.74 Å². The topological polar surface area (TPSA) is 108 Å². The van der Waals surface area contributed by atoms with Crippen LogP contribution in [0.15, 0.2) is 39.9 Å². The van der Waals surface area contributed by atoms with Crippen molar-refractivity contribution in [3.05, 3.63) is 67.2 Å². The molecule has 0 saturated carbocycles. The Morgan fingerprint density at radius 2 is 1.87 bits per heavy atom. The fourth-order valence-electron chi connectivity index (χ4n) is 3.29. The summed E-state index contributed by atoms with van der Waals surface area (Å²) < 4.78 is 7.19. The van der Waals surface area contributed by atoms with Crippen molar-refractivity contribution >= 4 is 33.5 Å². The SMILES string of the molecule is CCOC(=O)c1sc2c(c1C)c(=O)n([C@@H](C)C(=O)O)c(=O)n2CCc1ccccc1. The molecule has 3 rings (SSSR count). The zero-order valence-corrected chi connectivity index (χ0v) is 17.7. The molecule has 0 bridgehead atoms. The van der Waals surface area contributed by atoms with Gasteiger partial charge in [0.15, 0.2) is 0 Å². The molecule has 0 spiro atoms. The highest BCUT2D eigenvalue weighted by Gasteiger charge is 2.27. The maximum absolute atomic E-state index is 13.1. The molecule has 2 heterocycles. The van der Waals surface area contributed by atoms with Gasteiger partial charge in [-0.25, -0.2) is 19.0 Å². The Balaban J connectivity index is 2.27. The average Bonchev–Trinajstić information content (AvgIpc) is 3.06. The number of carboxylic acid groups (broad SMARTS) is 1. The molecule has 30 heavy (non-hydrogen) atoms. The molecule has 2 aromatic heterocycles. The summed E-state index contributed by atoms with van der Waals surface area (Å²) in [5, 5.41) is 9.58. The Labute approximate surface area is 176 Å². The van der Waals surface area contributed by atoms with Gasteiger partial charge in [-0.1, -0.05) is 30.3 Å². The molecule has 0 aliphatic rings. The van der Waals surface area contributed by atoms with E-state index in [1.807, 2.05) is 30.3 Å². The summed E-state index contributed by atoms with van der Waals surface area (Å²) in [6.45, 7) is 4.97. The molecular formula is C21H22N2O6S. The van der Waals surface area contributed by atoms with Crippen LogP contribution in [0, 0.1) is 6.92 Å². The van der Waals surface area contributed by atoms with Gasteiger partial charge in [0, 0.05) is 6.54 Å². The number of carbonyl (C=O) groups is 2. The minimum Gasteiger partial charge on any atom is -0.480 e. The van der Waals surface area contributed by atoms with Gasteiger partial charge in [-0.05, 0) is 38.3 Å². The molecule has 1 atom stereocenters. The molecule has 3 aromatic rings. The van der Waals surface area contributed by atoms with Crippen LogP contribution in [0.2, 0.25) is 0 Å². The molecule has 1 N–H and O–H groups in total. The predicted molar refractivity (Wildman–Crippen MR) is 114 cm³/mol. The second-order valence-electron chi connectivity index (χ2n) is 6.82. The first kappa shape index (κ1) is 21.5. The number of rotatable bonds is 7. The molecule has 158 valence electrons. The van der Waals surface area contributed by atoms with Crippen molar-refractivity contribution in [3.63, 3.8) is 0 Å². The lowest BCUT2D eigenvalue weighted by Gasteiger charge is -2.15. The van der Waals surface area contributed by atoms with Crippen molar-refractivity contribution < 1.29 is 19.4 Å². The number of carbonyl (C=O) groups excluding carboxylic acids is 1. The highest BCUT2D eigenvalue weighted by Crippen LogP contribution is 2.29. The van der Waals surface area contributed by atoms with Crippen LogP contribution in [0.4, 0.5) is 0 Å². The van der Waals surface area contributed by atoms with Crippen LogP contribution < -0.4 is 11.2 Å². The number of hydrogen-bond donors (Lipinski definition) is 1. The van der Waals surface area contributed by atoms with Crippen LogP contribution >= 0.6 is 11.3 Å². The van der Waals surface area contributed by atoms with E-state index in [0.29, 0.717) is 16.8 Å². The molecule has 1 aromatic carbocycles. The van der Waals surface area contributed by atoms with E-state index >= 15 is 0 Å². The zero-order valence-electron chi connectivity index (χ0n) is 16.9. The van der Waals surface area contributed by atoms with E-state index in [-0.39, 0.29) is 23.4 Å². The number of carboxylic acids is 1. The van der Waals surface area contributed by atoms with E-state index in [9.17, 15) is 24.3 Å². The second kappa shape index (κ2) is 8.66. The Kier molecular flexibility index (Phi) is 6.21. The molecule has 0 fully saturated rings. The number of fused-ring (bicyclic) bond motifs is 1.